The van der Waals surface area contributed by atoms with Crippen molar-refractivity contribution in [3.63, 3.8) is 0 Å². The van der Waals surface area contributed by atoms with Gasteiger partial charge in [-0.25, -0.2) is 17.5 Å². The molecule has 152 valence electrons. The van der Waals surface area contributed by atoms with E-state index in [4.69, 9.17) is 21.1 Å². The maximum absolute atomic E-state index is 13.9. The number of sulfonamides is 1. The van der Waals surface area contributed by atoms with Gasteiger partial charge in [0.2, 0.25) is 10.0 Å². The third-order valence-electron chi connectivity index (χ3n) is 4.51. The largest absolute Gasteiger partial charge is 0.493 e. The third kappa shape index (κ3) is 5.14. The highest BCUT2D eigenvalue weighted by Gasteiger charge is 2.28. The zero-order chi connectivity index (χ0) is 20.1. The Hall–Kier alpha value is -1.87. The summed E-state index contributed by atoms with van der Waals surface area (Å²) in [5, 5.41) is 0.170. The molecule has 9 heteroatoms. The number of ether oxygens (including phenoxy) is 2. The highest BCUT2D eigenvalue weighted by molar-refractivity contribution is 7.89. The quantitative estimate of drug-likeness (QED) is 0.700. The lowest BCUT2D eigenvalue weighted by Crippen LogP contribution is -2.38. The van der Waals surface area contributed by atoms with Crippen LogP contribution in [0.2, 0.25) is 5.02 Å². The molecule has 1 N–H and O–H groups in total. The smallest absolute Gasteiger partial charge is 0.243 e. The van der Waals surface area contributed by atoms with Crippen LogP contribution in [0.4, 0.5) is 4.39 Å². The number of methoxy groups -OCH3 is 1. The molecule has 1 aliphatic heterocycles. The molecule has 0 bridgehead atoms. The SMILES string of the molecule is COc1ccccc1OCCN1CC[C@@H](NS(=O)(=O)c2cc(Cl)ccc2F)C1. The van der Waals surface area contributed by atoms with Gasteiger partial charge in [0.25, 0.3) is 0 Å². The fraction of sp³-hybridized carbons (Fsp3) is 0.368. The molecule has 28 heavy (non-hydrogen) atoms. The second-order valence-corrected chi connectivity index (χ2v) is 8.60. The first-order chi connectivity index (χ1) is 13.4. The molecule has 1 fully saturated rings. The lowest BCUT2D eigenvalue weighted by atomic mass is 10.3. The van der Waals surface area contributed by atoms with Crippen molar-refractivity contribution < 1.29 is 22.3 Å². The Morgan fingerprint density at radius 1 is 1.25 bits per heavy atom. The summed E-state index contributed by atoms with van der Waals surface area (Å²) in [6.07, 6.45) is 0.635. The molecule has 0 spiro atoms. The van der Waals surface area contributed by atoms with Crippen molar-refractivity contribution in [2.24, 2.45) is 0 Å². The summed E-state index contributed by atoms with van der Waals surface area (Å²) in [7, 11) is -2.39. The number of hydrogen-bond acceptors (Lipinski definition) is 5. The molecule has 0 radical (unpaired) electrons. The number of benzene rings is 2. The summed E-state index contributed by atoms with van der Waals surface area (Å²) >= 11 is 5.80. The molecule has 2 aromatic carbocycles. The van der Waals surface area contributed by atoms with Gasteiger partial charge < -0.3 is 9.47 Å². The van der Waals surface area contributed by atoms with Crippen LogP contribution in [0, 0.1) is 5.82 Å². The molecule has 6 nitrogen and oxygen atoms in total. The van der Waals surface area contributed by atoms with Crippen LogP contribution in [0.1, 0.15) is 6.42 Å². The van der Waals surface area contributed by atoms with Gasteiger partial charge in [-0.1, -0.05) is 23.7 Å². The van der Waals surface area contributed by atoms with Gasteiger partial charge in [-0.15, -0.1) is 0 Å². The van der Waals surface area contributed by atoms with Crippen LogP contribution in [-0.2, 0) is 10.0 Å². The number of nitrogens with zero attached hydrogens (tertiary/aromatic N) is 1. The van der Waals surface area contributed by atoms with Gasteiger partial charge in [0.15, 0.2) is 11.5 Å². The minimum atomic E-state index is -3.98. The minimum Gasteiger partial charge on any atom is -0.493 e. The molecule has 0 unspecified atom stereocenters. The molecule has 1 aliphatic rings. The maximum atomic E-state index is 13.9. The van der Waals surface area contributed by atoms with E-state index in [1.165, 1.54) is 6.07 Å². The van der Waals surface area contributed by atoms with E-state index in [2.05, 4.69) is 9.62 Å². The fourth-order valence-corrected chi connectivity index (χ4v) is 4.72. The van der Waals surface area contributed by atoms with Gasteiger partial charge >= 0.3 is 0 Å². The average molecular weight is 429 g/mol. The van der Waals surface area contributed by atoms with Crippen molar-refractivity contribution in [3.05, 3.63) is 53.3 Å². The number of halogens is 2. The van der Waals surface area contributed by atoms with E-state index in [1.54, 1.807) is 7.11 Å². The summed E-state index contributed by atoms with van der Waals surface area (Å²) in [4.78, 5) is 1.66. The average Bonchev–Trinajstić information content (AvgIpc) is 3.10. The molecule has 1 saturated heterocycles. The van der Waals surface area contributed by atoms with Gasteiger partial charge in [-0.3, -0.25) is 4.90 Å². The van der Waals surface area contributed by atoms with Gasteiger partial charge in [0, 0.05) is 24.2 Å². The van der Waals surface area contributed by atoms with Crippen molar-refractivity contribution in [1.29, 1.82) is 0 Å². The molecule has 3 rings (SSSR count). The summed E-state index contributed by atoms with van der Waals surface area (Å²) in [5.74, 6) is 0.507. The lowest BCUT2D eigenvalue weighted by molar-refractivity contribution is 0.228. The van der Waals surface area contributed by atoms with Crippen LogP contribution in [0.5, 0.6) is 11.5 Å². The normalized spacial score (nSPS) is 17.6. The highest BCUT2D eigenvalue weighted by Crippen LogP contribution is 2.26. The van der Waals surface area contributed by atoms with E-state index in [9.17, 15) is 12.8 Å². The van der Waals surface area contributed by atoms with Crippen molar-refractivity contribution in [3.8, 4) is 11.5 Å². The van der Waals surface area contributed by atoms with Crippen LogP contribution in [0.3, 0.4) is 0 Å². The van der Waals surface area contributed by atoms with Crippen LogP contribution in [0.15, 0.2) is 47.4 Å². The van der Waals surface area contributed by atoms with Gasteiger partial charge in [0.05, 0.1) is 7.11 Å². The highest BCUT2D eigenvalue weighted by atomic mass is 35.5. The first-order valence-electron chi connectivity index (χ1n) is 8.84. The molecular formula is C19H22ClFN2O4S. The number of para-hydroxylation sites is 2. The Morgan fingerprint density at radius 2 is 2.00 bits per heavy atom. The number of rotatable bonds is 8. The van der Waals surface area contributed by atoms with E-state index < -0.39 is 20.7 Å². The van der Waals surface area contributed by atoms with E-state index in [-0.39, 0.29) is 11.1 Å². The summed E-state index contributed by atoms with van der Waals surface area (Å²) in [5.41, 5.74) is 0. The van der Waals surface area contributed by atoms with E-state index in [0.717, 1.165) is 18.7 Å². The molecule has 0 aromatic heterocycles. The van der Waals surface area contributed by atoms with Crippen LogP contribution in [-0.4, -0.2) is 52.7 Å². The number of hydrogen-bond donors (Lipinski definition) is 1. The monoisotopic (exact) mass is 428 g/mol. The Balaban J connectivity index is 1.52. The van der Waals surface area contributed by atoms with E-state index in [1.807, 2.05) is 24.3 Å². The standard InChI is InChI=1S/C19H22ClFN2O4S/c1-26-17-4-2-3-5-18(17)27-11-10-23-9-8-15(13-23)22-28(24,25)19-12-14(20)6-7-16(19)21/h2-7,12,15,22H,8-11,13H2,1H3/t15-/m1/s1. The minimum absolute atomic E-state index is 0.170. The first kappa shape index (κ1) is 20.9. The molecule has 2 aromatic rings. The zero-order valence-electron chi connectivity index (χ0n) is 15.4. The Morgan fingerprint density at radius 3 is 2.75 bits per heavy atom. The Kier molecular flexibility index (Phi) is 6.77. The molecule has 1 heterocycles. The van der Waals surface area contributed by atoms with Crippen molar-refractivity contribution >= 4 is 21.6 Å². The van der Waals surface area contributed by atoms with Gasteiger partial charge in [-0.05, 0) is 43.3 Å². The molecule has 0 amide bonds. The molecular weight excluding hydrogens is 407 g/mol. The molecule has 0 aliphatic carbocycles. The zero-order valence-corrected chi connectivity index (χ0v) is 17.0. The predicted molar refractivity (Wildman–Crippen MR) is 105 cm³/mol. The van der Waals surface area contributed by atoms with Crippen LogP contribution >= 0.6 is 11.6 Å². The van der Waals surface area contributed by atoms with Crippen LogP contribution in [0.25, 0.3) is 0 Å². The first-order valence-corrected chi connectivity index (χ1v) is 10.7. The van der Waals surface area contributed by atoms with Crippen LogP contribution < -0.4 is 14.2 Å². The lowest BCUT2D eigenvalue weighted by Gasteiger charge is -2.18. The van der Waals surface area contributed by atoms with Gasteiger partial charge in [0.1, 0.15) is 17.3 Å². The topological polar surface area (TPSA) is 67.9 Å². The van der Waals surface area contributed by atoms with E-state index >= 15 is 0 Å². The van der Waals surface area contributed by atoms with E-state index in [0.29, 0.717) is 37.6 Å². The second-order valence-electron chi connectivity index (χ2n) is 6.48. The number of likely N-dealkylation sites (tertiary alicyclic amines) is 1. The molecule has 1 atom stereocenters. The number of nitrogens with one attached hydrogen (secondary N) is 1. The third-order valence-corrected chi connectivity index (χ3v) is 6.28. The van der Waals surface area contributed by atoms with Crippen molar-refractivity contribution in [2.75, 3.05) is 33.4 Å². The van der Waals surface area contributed by atoms with Crippen molar-refractivity contribution in [1.82, 2.24) is 9.62 Å². The Labute approximate surface area is 169 Å². The molecule has 0 saturated carbocycles. The summed E-state index contributed by atoms with van der Waals surface area (Å²) < 4.78 is 52.4. The van der Waals surface area contributed by atoms with Crippen molar-refractivity contribution in [2.45, 2.75) is 17.4 Å². The Bertz CT molecular complexity index is 926. The maximum Gasteiger partial charge on any atom is 0.243 e. The summed E-state index contributed by atoms with van der Waals surface area (Å²) in [6.45, 7) is 2.34. The van der Waals surface area contributed by atoms with Gasteiger partial charge in [-0.2, -0.15) is 0 Å². The fourth-order valence-electron chi connectivity index (χ4n) is 3.12. The predicted octanol–water partition coefficient (Wildman–Crippen LogP) is 2.92. The second kappa shape index (κ2) is 9.09. The summed E-state index contributed by atoms with van der Waals surface area (Å²) in [6, 6.07) is 10.6.